The molecule has 1 aromatic heterocycles. The summed E-state index contributed by atoms with van der Waals surface area (Å²) in [6, 6.07) is 15.3. The fourth-order valence-corrected chi connectivity index (χ4v) is 4.62. The smallest absolute Gasteiger partial charge is 0.328 e. The normalized spacial score (nSPS) is 13.4. The van der Waals surface area contributed by atoms with Crippen LogP contribution >= 0.6 is 0 Å². The van der Waals surface area contributed by atoms with E-state index < -0.39 is 30.1 Å². The summed E-state index contributed by atoms with van der Waals surface area (Å²) >= 11 is 0. The Morgan fingerprint density at radius 2 is 1.67 bits per heavy atom. The Bertz CT molecular complexity index is 1200. The summed E-state index contributed by atoms with van der Waals surface area (Å²) in [5.74, 6) is -1.33. The van der Waals surface area contributed by atoms with E-state index in [0.717, 1.165) is 28.5 Å². The van der Waals surface area contributed by atoms with E-state index in [0.29, 0.717) is 32.2 Å². The molecule has 2 aromatic carbocycles. The highest BCUT2D eigenvalue weighted by Gasteiger charge is 2.30. The number of nitrogens with one attached hydrogen (secondary N) is 3. The first-order valence-electron chi connectivity index (χ1n) is 13.6. The maximum absolute atomic E-state index is 13.6. The Morgan fingerprint density at radius 1 is 0.923 bits per heavy atom. The van der Waals surface area contributed by atoms with Crippen LogP contribution in [-0.4, -0.2) is 61.2 Å². The monoisotopic (exact) mass is 536 g/mol. The van der Waals surface area contributed by atoms with Crippen molar-refractivity contribution in [2.24, 2.45) is 5.73 Å². The predicted molar refractivity (Wildman–Crippen MR) is 151 cm³/mol. The van der Waals surface area contributed by atoms with E-state index >= 15 is 0 Å². The van der Waals surface area contributed by atoms with Crippen molar-refractivity contribution in [1.82, 2.24) is 15.6 Å². The highest BCUT2D eigenvalue weighted by molar-refractivity contribution is 5.89. The number of benzene rings is 2. The third-order valence-corrected chi connectivity index (χ3v) is 6.70. The first kappa shape index (κ1) is 29.9. The minimum absolute atomic E-state index is 0.238. The minimum atomic E-state index is -0.897. The molecule has 0 fully saturated rings. The van der Waals surface area contributed by atoms with Gasteiger partial charge in [-0.25, -0.2) is 4.79 Å². The average molecular weight is 537 g/mol. The van der Waals surface area contributed by atoms with Gasteiger partial charge in [-0.15, -0.1) is 0 Å². The lowest BCUT2D eigenvalue weighted by atomic mass is 10.0. The van der Waals surface area contributed by atoms with Crippen LogP contribution in [0.15, 0.2) is 60.8 Å². The van der Waals surface area contributed by atoms with Crippen molar-refractivity contribution < 1.29 is 23.9 Å². The summed E-state index contributed by atoms with van der Waals surface area (Å²) in [7, 11) is 1.30. The summed E-state index contributed by atoms with van der Waals surface area (Å²) in [6.07, 6.45) is 5.05. The number of carbonyl (C=O) groups excluding carboxylic acids is 3. The van der Waals surface area contributed by atoms with E-state index in [4.69, 9.17) is 15.2 Å². The van der Waals surface area contributed by atoms with Crippen molar-refractivity contribution in [3.8, 4) is 0 Å². The van der Waals surface area contributed by atoms with Gasteiger partial charge < -0.3 is 25.5 Å². The third kappa shape index (κ3) is 8.94. The number of hydrogen-bond donors (Lipinski definition) is 4. The molecule has 39 heavy (non-hydrogen) atoms. The Hall–Kier alpha value is -3.69. The lowest BCUT2D eigenvalue weighted by Crippen LogP contribution is -2.55. The molecule has 9 nitrogen and oxygen atoms in total. The number of carbonyl (C=O) groups is 3. The molecule has 0 saturated heterocycles. The predicted octanol–water partition coefficient (Wildman–Crippen LogP) is 3.02. The molecule has 9 heteroatoms. The molecule has 0 aliphatic heterocycles. The van der Waals surface area contributed by atoms with Crippen molar-refractivity contribution in [3.63, 3.8) is 0 Å². The molecule has 1 heterocycles. The van der Waals surface area contributed by atoms with Gasteiger partial charge in [0.05, 0.1) is 19.8 Å². The van der Waals surface area contributed by atoms with Crippen LogP contribution in [0, 0.1) is 0 Å². The summed E-state index contributed by atoms with van der Waals surface area (Å²) in [4.78, 5) is 42.3. The molecule has 0 radical (unpaired) electrons. The number of unbranched alkanes of at least 4 members (excludes halogenated alkanes) is 1. The van der Waals surface area contributed by atoms with Gasteiger partial charge in [0, 0.05) is 23.5 Å². The van der Waals surface area contributed by atoms with E-state index in [-0.39, 0.29) is 18.9 Å². The molecule has 0 saturated carbocycles. The molecule has 0 bridgehead atoms. The first-order chi connectivity index (χ1) is 19.0. The number of aryl methyl sites for hydroxylation is 1. The van der Waals surface area contributed by atoms with Gasteiger partial charge in [0.15, 0.2) is 0 Å². The number of ether oxygens (including phenoxy) is 2. The number of aromatic nitrogens is 1. The Balaban J connectivity index is 1.77. The van der Waals surface area contributed by atoms with E-state index in [1.54, 1.807) is 6.92 Å². The number of esters is 2. The number of hydrogen-bond acceptors (Lipinski definition) is 7. The summed E-state index contributed by atoms with van der Waals surface area (Å²) < 4.78 is 10.3. The van der Waals surface area contributed by atoms with Crippen molar-refractivity contribution in [1.29, 1.82) is 0 Å². The molecule has 3 aromatic rings. The topological polar surface area (TPSA) is 136 Å². The Kier molecular flexibility index (Phi) is 12.0. The van der Waals surface area contributed by atoms with Crippen LogP contribution in [0.25, 0.3) is 10.9 Å². The highest BCUT2D eigenvalue weighted by atomic mass is 16.5. The molecule has 5 N–H and O–H groups in total. The molecule has 3 rings (SSSR count). The zero-order valence-corrected chi connectivity index (χ0v) is 22.8. The Labute approximate surface area is 229 Å². The van der Waals surface area contributed by atoms with Crippen molar-refractivity contribution >= 4 is 28.7 Å². The van der Waals surface area contributed by atoms with Crippen LogP contribution in [0.3, 0.4) is 0 Å². The van der Waals surface area contributed by atoms with Gasteiger partial charge in [0.1, 0.15) is 12.1 Å². The number of nitrogens with two attached hydrogens (primary N) is 1. The summed E-state index contributed by atoms with van der Waals surface area (Å²) in [5.41, 5.74) is 8.61. The fraction of sp³-hybridized carbons (Fsp3) is 0.433. The lowest BCUT2D eigenvalue weighted by Gasteiger charge is -2.26. The number of para-hydroxylation sites is 1. The van der Waals surface area contributed by atoms with Crippen molar-refractivity contribution in [3.05, 3.63) is 71.9 Å². The maximum Gasteiger partial charge on any atom is 0.328 e. The maximum atomic E-state index is 13.6. The first-order valence-corrected chi connectivity index (χ1v) is 13.6. The molecule has 0 aliphatic rings. The largest absolute Gasteiger partial charge is 0.467 e. The van der Waals surface area contributed by atoms with Gasteiger partial charge in [-0.05, 0) is 56.3 Å². The standard InChI is InChI=1S/C30H40N4O5/c1-3-39-30(37)26(17-16-21-11-5-4-6-12-21)33-25(15-9-10-18-31)28(35)34-27(29(36)38-2)19-22-20-32-24-14-8-7-13-23(22)24/h4-8,11-14,20,25-27,32-33H,3,9-10,15-19,31H2,1-2H3,(H,34,35)/t25-,26+,27-/m0/s1. The number of aromatic amines is 1. The number of fused-ring (bicyclic) bond motifs is 1. The van der Waals surface area contributed by atoms with E-state index in [1.165, 1.54) is 7.11 Å². The second-order valence-electron chi connectivity index (χ2n) is 9.48. The zero-order valence-electron chi connectivity index (χ0n) is 22.8. The van der Waals surface area contributed by atoms with Crippen LogP contribution in [0.1, 0.15) is 43.7 Å². The summed E-state index contributed by atoms with van der Waals surface area (Å²) in [6.45, 7) is 2.49. The quantitative estimate of drug-likeness (QED) is 0.163. The lowest BCUT2D eigenvalue weighted by molar-refractivity contribution is -0.147. The SMILES string of the molecule is CCOC(=O)[C@@H](CCc1ccccc1)N[C@@H](CCCCN)C(=O)N[C@@H](Cc1c[nH]c2ccccc12)C(=O)OC. The van der Waals surface area contributed by atoms with Gasteiger partial charge in [-0.2, -0.15) is 0 Å². The minimum Gasteiger partial charge on any atom is -0.467 e. The third-order valence-electron chi connectivity index (χ3n) is 6.70. The highest BCUT2D eigenvalue weighted by Crippen LogP contribution is 2.20. The van der Waals surface area contributed by atoms with Crippen LogP contribution in [-0.2, 0) is 36.7 Å². The molecule has 210 valence electrons. The van der Waals surface area contributed by atoms with Crippen molar-refractivity contribution in [2.75, 3.05) is 20.3 Å². The number of rotatable bonds is 16. The molecular weight excluding hydrogens is 496 g/mol. The number of H-pyrrole nitrogens is 1. The van der Waals surface area contributed by atoms with Gasteiger partial charge in [0.2, 0.25) is 5.91 Å². The average Bonchev–Trinajstić information content (AvgIpc) is 3.36. The molecule has 3 atom stereocenters. The van der Waals surface area contributed by atoms with Gasteiger partial charge in [-0.3, -0.25) is 14.9 Å². The molecule has 0 aliphatic carbocycles. The second kappa shape index (κ2) is 15.7. The molecule has 0 unspecified atom stereocenters. The Morgan fingerprint density at radius 3 is 2.38 bits per heavy atom. The zero-order chi connectivity index (χ0) is 28.0. The van der Waals surface area contributed by atoms with Crippen LogP contribution in [0.5, 0.6) is 0 Å². The van der Waals surface area contributed by atoms with Gasteiger partial charge in [-0.1, -0.05) is 55.0 Å². The van der Waals surface area contributed by atoms with E-state index in [1.807, 2.05) is 60.8 Å². The number of methoxy groups -OCH3 is 1. The molecule has 1 amide bonds. The van der Waals surface area contributed by atoms with Crippen LogP contribution in [0.2, 0.25) is 0 Å². The van der Waals surface area contributed by atoms with Gasteiger partial charge in [0.25, 0.3) is 0 Å². The van der Waals surface area contributed by atoms with Crippen molar-refractivity contribution in [2.45, 2.75) is 63.6 Å². The number of amides is 1. The summed E-state index contributed by atoms with van der Waals surface area (Å²) in [5, 5.41) is 7.08. The molecular formula is C30H40N4O5. The fourth-order valence-electron chi connectivity index (χ4n) is 4.62. The molecule has 0 spiro atoms. The van der Waals surface area contributed by atoms with E-state index in [2.05, 4.69) is 15.6 Å². The second-order valence-corrected chi connectivity index (χ2v) is 9.48. The van der Waals surface area contributed by atoms with E-state index in [9.17, 15) is 14.4 Å². The van der Waals surface area contributed by atoms with Gasteiger partial charge >= 0.3 is 11.9 Å². The van der Waals surface area contributed by atoms with Crippen LogP contribution < -0.4 is 16.4 Å². The van der Waals surface area contributed by atoms with Crippen LogP contribution in [0.4, 0.5) is 0 Å².